The second-order valence-corrected chi connectivity index (χ2v) is 5.62. The first-order valence-electron chi connectivity index (χ1n) is 6.18. The van der Waals surface area contributed by atoms with Gasteiger partial charge in [0.15, 0.2) is 5.82 Å². The molecule has 5 nitrogen and oxygen atoms in total. The zero-order chi connectivity index (χ0) is 14.9. The first-order valence-corrected chi connectivity index (χ1v) is 6.18. The number of hydrogen-bond acceptors (Lipinski definition) is 4. The molecule has 0 bridgehead atoms. The third-order valence-corrected chi connectivity index (χ3v) is 2.87. The molecule has 1 heterocycles. The lowest BCUT2D eigenvalue weighted by Gasteiger charge is -2.19. The van der Waals surface area contributed by atoms with E-state index in [0.717, 1.165) is 18.2 Å². The van der Waals surface area contributed by atoms with Crippen LogP contribution in [-0.4, -0.2) is 25.3 Å². The third-order valence-electron chi connectivity index (χ3n) is 2.87. The summed E-state index contributed by atoms with van der Waals surface area (Å²) < 4.78 is 28.1. The number of halogens is 2. The fourth-order valence-corrected chi connectivity index (χ4v) is 1.90. The molecule has 1 aromatic carbocycles. The largest absolute Gasteiger partial charge is 0.386 e. The van der Waals surface area contributed by atoms with E-state index in [0.29, 0.717) is 5.82 Å². The van der Waals surface area contributed by atoms with Crippen molar-refractivity contribution >= 4 is 0 Å². The van der Waals surface area contributed by atoms with Crippen molar-refractivity contribution in [2.45, 2.75) is 38.8 Å². The molecule has 1 unspecified atom stereocenters. The first kappa shape index (κ1) is 14.5. The lowest BCUT2D eigenvalue weighted by atomic mass is 9.95. The van der Waals surface area contributed by atoms with Gasteiger partial charge >= 0.3 is 0 Å². The zero-order valence-corrected chi connectivity index (χ0v) is 11.5. The van der Waals surface area contributed by atoms with E-state index in [-0.39, 0.29) is 17.5 Å². The number of aliphatic hydroxyl groups is 1. The zero-order valence-electron chi connectivity index (χ0n) is 11.5. The minimum atomic E-state index is -1.23. The highest BCUT2D eigenvalue weighted by Crippen LogP contribution is 2.23. The highest BCUT2D eigenvalue weighted by atomic mass is 19.1. The van der Waals surface area contributed by atoms with E-state index in [1.54, 1.807) is 0 Å². The van der Waals surface area contributed by atoms with Crippen LogP contribution in [0.2, 0.25) is 0 Å². The monoisotopic (exact) mass is 282 g/mol. The van der Waals surface area contributed by atoms with E-state index >= 15 is 0 Å². The third kappa shape index (κ3) is 2.98. The summed E-state index contributed by atoms with van der Waals surface area (Å²) in [6, 6.07) is 2.96. The molecule has 1 atom stereocenters. The van der Waals surface area contributed by atoms with Crippen LogP contribution in [-0.2, 0) is 12.0 Å². The Labute approximate surface area is 115 Å². The number of aliphatic hydroxyl groups excluding tert-OH is 1. The van der Waals surface area contributed by atoms with Crippen LogP contribution in [0.5, 0.6) is 0 Å². The van der Waals surface area contributed by atoms with Gasteiger partial charge in [-0.15, -0.1) is 5.10 Å². The van der Waals surface area contributed by atoms with E-state index in [9.17, 15) is 13.9 Å². The van der Waals surface area contributed by atoms with Crippen LogP contribution in [0, 0.1) is 11.6 Å². The van der Waals surface area contributed by atoms with E-state index in [4.69, 9.17) is 0 Å². The summed E-state index contributed by atoms with van der Waals surface area (Å²) in [5, 5.41) is 21.3. The van der Waals surface area contributed by atoms with Crippen LogP contribution in [0.25, 0.3) is 0 Å². The summed E-state index contributed by atoms with van der Waals surface area (Å²) in [6.45, 7) is 5.72. The predicted octanol–water partition coefficient (Wildman–Crippen LogP) is 1.98. The summed E-state index contributed by atoms with van der Waals surface area (Å²) in [4.78, 5) is 0. The van der Waals surface area contributed by atoms with E-state index in [1.807, 2.05) is 20.8 Å². The summed E-state index contributed by atoms with van der Waals surface area (Å²) >= 11 is 0. The smallest absolute Gasteiger partial charge is 0.156 e. The predicted molar refractivity (Wildman–Crippen MR) is 67.8 cm³/mol. The van der Waals surface area contributed by atoms with Gasteiger partial charge in [0.1, 0.15) is 17.7 Å². The normalized spacial score (nSPS) is 13.5. The maximum absolute atomic E-state index is 13.6. The Bertz CT molecular complexity index is 607. The minimum absolute atomic E-state index is 0.0417. The molecule has 0 aliphatic carbocycles. The topological polar surface area (TPSA) is 63.8 Å². The maximum atomic E-state index is 13.6. The molecule has 0 aliphatic heterocycles. The Morgan fingerprint density at radius 2 is 2.00 bits per heavy atom. The molecular formula is C13H16F2N4O. The van der Waals surface area contributed by atoms with Gasteiger partial charge in [0.25, 0.3) is 0 Å². The van der Waals surface area contributed by atoms with Crippen molar-refractivity contribution in [3.63, 3.8) is 0 Å². The summed E-state index contributed by atoms with van der Waals surface area (Å²) in [6.07, 6.45) is -1.23. The lowest BCUT2D eigenvalue weighted by Crippen LogP contribution is -2.22. The second-order valence-electron chi connectivity index (χ2n) is 5.62. The molecule has 0 spiro atoms. The highest BCUT2D eigenvalue weighted by Gasteiger charge is 2.24. The molecule has 0 aliphatic rings. The Morgan fingerprint density at radius 3 is 2.65 bits per heavy atom. The molecule has 2 aromatic rings. The van der Waals surface area contributed by atoms with Crippen molar-refractivity contribution in [2.75, 3.05) is 0 Å². The van der Waals surface area contributed by atoms with E-state index < -0.39 is 17.7 Å². The molecule has 2 rings (SSSR count). The SMILES string of the molecule is CC(C)(C)c1nnnn1CC(O)c1cc(F)ccc1F. The van der Waals surface area contributed by atoms with Gasteiger partial charge in [-0.2, -0.15) is 0 Å². The Kier molecular flexibility index (Phi) is 3.80. The molecule has 0 saturated carbocycles. The van der Waals surface area contributed by atoms with Crippen LogP contribution in [0.1, 0.15) is 38.3 Å². The van der Waals surface area contributed by atoms with Crippen molar-refractivity contribution < 1.29 is 13.9 Å². The van der Waals surface area contributed by atoms with Crippen LogP contribution in [0.3, 0.4) is 0 Å². The Morgan fingerprint density at radius 1 is 1.30 bits per heavy atom. The molecule has 108 valence electrons. The van der Waals surface area contributed by atoms with Crippen molar-refractivity contribution in [1.29, 1.82) is 0 Å². The molecule has 20 heavy (non-hydrogen) atoms. The highest BCUT2D eigenvalue weighted by molar-refractivity contribution is 5.21. The van der Waals surface area contributed by atoms with Crippen molar-refractivity contribution in [1.82, 2.24) is 20.2 Å². The number of hydrogen-bond donors (Lipinski definition) is 1. The van der Waals surface area contributed by atoms with Crippen LogP contribution < -0.4 is 0 Å². The van der Waals surface area contributed by atoms with Crippen LogP contribution in [0.4, 0.5) is 8.78 Å². The van der Waals surface area contributed by atoms with Gasteiger partial charge in [0, 0.05) is 11.0 Å². The average molecular weight is 282 g/mol. The summed E-state index contributed by atoms with van der Waals surface area (Å²) in [7, 11) is 0. The van der Waals surface area contributed by atoms with Gasteiger partial charge in [-0.3, -0.25) is 0 Å². The van der Waals surface area contributed by atoms with Crippen molar-refractivity contribution in [2.24, 2.45) is 0 Å². The van der Waals surface area contributed by atoms with Crippen LogP contribution in [0.15, 0.2) is 18.2 Å². The molecule has 1 N–H and O–H groups in total. The number of aromatic nitrogens is 4. The van der Waals surface area contributed by atoms with E-state index in [1.165, 1.54) is 4.68 Å². The number of benzene rings is 1. The van der Waals surface area contributed by atoms with E-state index in [2.05, 4.69) is 15.5 Å². The lowest BCUT2D eigenvalue weighted by molar-refractivity contribution is 0.143. The van der Waals surface area contributed by atoms with Gasteiger partial charge in [-0.25, -0.2) is 13.5 Å². The molecule has 1 aromatic heterocycles. The number of tetrazole rings is 1. The summed E-state index contributed by atoms with van der Waals surface area (Å²) in [5.74, 6) is -0.703. The number of rotatable bonds is 3. The molecule has 0 saturated heterocycles. The minimum Gasteiger partial charge on any atom is -0.386 e. The summed E-state index contributed by atoms with van der Waals surface area (Å²) in [5.41, 5.74) is -0.427. The molecule has 7 heteroatoms. The average Bonchev–Trinajstić information content (AvgIpc) is 2.80. The molecule has 0 radical (unpaired) electrons. The van der Waals surface area contributed by atoms with Crippen LogP contribution >= 0.6 is 0 Å². The second kappa shape index (κ2) is 5.24. The van der Waals surface area contributed by atoms with Crippen molar-refractivity contribution in [3.05, 3.63) is 41.2 Å². The fraction of sp³-hybridized carbons (Fsp3) is 0.462. The standard InChI is InChI=1S/C13H16F2N4O/c1-13(2,3)12-16-17-18-19(12)7-11(20)9-6-8(14)4-5-10(9)15/h4-6,11,20H,7H2,1-3H3. The van der Waals surface area contributed by atoms with Gasteiger partial charge in [-0.1, -0.05) is 20.8 Å². The molecule has 0 amide bonds. The van der Waals surface area contributed by atoms with Gasteiger partial charge in [0.05, 0.1) is 6.54 Å². The molecular weight excluding hydrogens is 266 g/mol. The van der Waals surface area contributed by atoms with Gasteiger partial charge in [0.2, 0.25) is 0 Å². The number of nitrogens with zero attached hydrogens (tertiary/aromatic N) is 4. The Balaban J connectivity index is 2.26. The quantitative estimate of drug-likeness (QED) is 0.935. The first-order chi connectivity index (χ1) is 9.29. The van der Waals surface area contributed by atoms with Gasteiger partial charge < -0.3 is 5.11 Å². The maximum Gasteiger partial charge on any atom is 0.156 e. The van der Waals surface area contributed by atoms with Gasteiger partial charge in [-0.05, 0) is 28.6 Å². The van der Waals surface area contributed by atoms with Crippen molar-refractivity contribution in [3.8, 4) is 0 Å². The molecule has 0 fully saturated rings. The Hall–Kier alpha value is -1.89. The fourth-order valence-electron chi connectivity index (χ4n) is 1.90.